The third-order valence-electron chi connectivity index (χ3n) is 8.48. The molecule has 0 atom stereocenters. The first-order valence-corrected chi connectivity index (χ1v) is 14.1. The molecule has 0 amide bonds. The van der Waals surface area contributed by atoms with E-state index in [1.54, 1.807) is 19.1 Å². The van der Waals surface area contributed by atoms with Crippen molar-refractivity contribution in [2.24, 2.45) is 10.8 Å². The predicted octanol–water partition coefficient (Wildman–Crippen LogP) is 5.14. The Balaban J connectivity index is 0.000000124. The van der Waals surface area contributed by atoms with E-state index in [0.717, 1.165) is 54.2 Å². The van der Waals surface area contributed by atoms with Crippen molar-refractivity contribution < 1.29 is 14.7 Å². The molecule has 9 heteroatoms. The van der Waals surface area contributed by atoms with Crippen LogP contribution in [-0.4, -0.2) is 58.8 Å². The zero-order valence-corrected chi connectivity index (χ0v) is 24.1. The van der Waals surface area contributed by atoms with Crippen molar-refractivity contribution in [3.8, 4) is 0 Å². The first-order valence-electron chi connectivity index (χ1n) is 13.8. The van der Waals surface area contributed by atoms with Gasteiger partial charge in [-0.05, 0) is 82.3 Å². The van der Waals surface area contributed by atoms with Crippen LogP contribution in [0.15, 0.2) is 36.4 Å². The summed E-state index contributed by atoms with van der Waals surface area (Å²) in [5.74, 6) is 2.10. The van der Waals surface area contributed by atoms with Gasteiger partial charge >= 0.3 is 0 Å². The Labute approximate surface area is 240 Å². The molecular formula is C31H36ClN5O3. The summed E-state index contributed by atoms with van der Waals surface area (Å²) in [4.78, 5) is 38.4. The Morgan fingerprint density at radius 3 is 1.57 bits per heavy atom. The second-order valence-electron chi connectivity index (χ2n) is 11.7. The number of aryl methyl sites for hydroxylation is 3. The zero-order valence-electron chi connectivity index (χ0n) is 23.4. The summed E-state index contributed by atoms with van der Waals surface area (Å²) in [6, 6.07) is 11.1. The molecule has 4 fully saturated rings. The van der Waals surface area contributed by atoms with Gasteiger partial charge in [-0.3, -0.25) is 9.59 Å². The summed E-state index contributed by atoms with van der Waals surface area (Å²) >= 11 is 5.55. The van der Waals surface area contributed by atoms with E-state index in [1.807, 2.05) is 38.1 Å². The molecule has 2 spiro atoms. The molecule has 0 aromatic carbocycles. The maximum absolute atomic E-state index is 10.7. The van der Waals surface area contributed by atoms with Crippen molar-refractivity contribution in [1.82, 2.24) is 15.0 Å². The lowest BCUT2D eigenvalue weighted by molar-refractivity contribution is 0.111. The molecule has 2 saturated carbocycles. The number of nitrogens with zero attached hydrogens (tertiary/aromatic N) is 5. The monoisotopic (exact) mass is 561 g/mol. The van der Waals surface area contributed by atoms with E-state index in [1.165, 1.54) is 38.8 Å². The van der Waals surface area contributed by atoms with Gasteiger partial charge in [-0.25, -0.2) is 15.0 Å². The Morgan fingerprint density at radius 1 is 0.725 bits per heavy atom. The summed E-state index contributed by atoms with van der Waals surface area (Å²) in [6.07, 6.45) is 7.20. The van der Waals surface area contributed by atoms with E-state index in [2.05, 4.69) is 24.8 Å². The van der Waals surface area contributed by atoms with Gasteiger partial charge < -0.3 is 14.9 Å². The van der Waals surface area contributed by atoms with E-state index in [4.69, 9.17) is 16.7 Å². The molecule has 8 nitrogen and oxygen atoms in total. The van der Waals surface area contributed by atoms with Crippen molar-refractivity contribution in [3.05, 3.63) is 75.3 Å². The topological polar surface area (TPSA) is 99.5 Å². The smallest absolute Gasteiger partial charge is 0.151 e. The van der Waals surface area contributed by atoms with Crippen LogP contribution in [0.3, 0.4) is 0 Å². The summed E-state index contributed by atoms with van der Waals surface area (Å²) in [7, 11) is 0. The molecule has 1 N–H and O–H groups in total. The minimum absolute atomic E-state index is 0.0864. The number of anilines is 2. The van der Waals surface area contributed by atoms with Crippen LogP contribution >= 0.6 is 11.6 Å². The quantitative estimate of drug-likeness (QED) is 0.337. The highest BCUT2D eigenvalue weighted by Gasteiger charge is 2.53. The van der Waals surface area contributed by atoms with E-state index >= 15 is 0 Å². The van der Waals surface area contributed by atoms with Crippen molar-refractivity contribution in [2.45, 2.75) is 53.1 Å². The SMILES string of the molecule is Cc1nc(Cl)ccc1C=O.Cc1nc(N2CC3(CC3)C2)ccc1C=O.Cc1nc(N2CC3(CC3)C2)ccc1CO. The maximum Gasteiger partial charge on any atom is 0.151 e. The highest BCUT2D eigenvalue weighted by molar-refractivity contribution is 6.29. The van der Waals surface area contributed by atoms with Crippen LogP contribution in [-0.2, 0) is 6.61 Å². The number of aliphatic hydroxyl groups is 1. The zero-order chi connectivity index (χ0) is 28.5. The molecule has 7 rings (SSSR count). The molecule has 210 valence electrons. The fraction of sp³-hybridized carbons (Fsp3) is 0.452. The van der Waals surface area contributed by atoms with Crippen LogP contribution in [0, 0.1) is 31.6 Å². The van der Waals surface area contributed by atoms with Gasteiger partial charge in [-0.2, -0.15) is 0 Å². The summed E-state index contributed by atoms with van der Waals surface area (Å²) in [5, 5.41) is 9.48. The molecule has 40 heavy (non-hydrogen) atoms. The van der Waals surface area contributed by atoms with Crippen LogP contribution in [0.1, 0.15) is 69.0 Å². The van der Waals surface area contributed by atoms with Crippen molar-refractivity contribution in [3.63, 3.8) is 0 Å². The van der Waals surface area contributed by atoms with Crippen LogP contribution in [0.4, 0.5) is 11.6 Å². The fourth-order valence-corrected chi connectivity index (χ4v) is 5.47. The summed E-state index contributed by atoms with van der Waals surface area (Å²) in [6.45, 7) is 10.3. The standard InChI is InChI=1S/C12H16N2O.C12H14N2O.C7H6ClNO/c2*1-9-10(6-15)2-3-11(13-9)14-7-12(8-14)4-5-12;1-5-6(4-10)2-3-7(8)9-5/h2-3,15H,4-8H2,1H3;2-3,6H,4-5,7-8H2,1H3;2-4H,1H3. The number of pyridine rings is 3. The lowest BCUT2D eigenvalue weighted by Crippen LogP contribution is -2.48. The number of carbonyl (C=O) groups is 2. The molecular weight excluding hydrogens is 526 g/mol. The minimum atomic E-state index is 0.0864. The molecule has 0 unspecified atom stereocenters. The normalized spacial score (nSPS) is 18.4. The maximum atomic E-state index is 10.7. The fourth-order valence-electron chi connectivity index (χ4n) is 5.28. The minimum Gasteiger partial charge on any atom is -0.392 e. The molecule has 4 aliphatic rings. The van der Waals surface area contributed by atoms with Gasteiger partial charge in [-0.1, -0.05) is 17.7 Å². The van der Waals surface area contributed by atoms with Crippen LogP contribution < -0.4 is 9.80 Å². The van der Waals surface area contributed by atoms with Crippen LogP contribution in [0.5, 0.6) is 0 Å². The highest BCUT2D eigenvalue weighted by Crippen LogP contribution is 2.54. The van der Waals surface area contributed by atoms with Gasteiger partial charge in [0.2, 0.25) is 0 Å². The number of hydrogen-bond donors (Lipinski definition) is 1. The molecule has 0 bridgehead atoms. The predicted molar refractivity (Wildman–Crippen MR) is 156 cm³/mol. The summed E-state index contributed by atoms with van der Waals surface area (Å²) in [5.41, 5.74) is 5.99. The number of aldehydes is 2. The average molecular weight is 562 g/mol. The van der Waals surface area contributed by atoms with Crippen LogP contribution in [0.25, 0.3) is 0 Å². The molecule has 0 radical (unpaired) electrons. The van der Waals surface area contributed by atoms with Gasteiger partial charge in [0.25, 0.3) is 0 Å². The van der Waals surface area contributed by atoms with Crippen LogP contribution in [0.2, 0.25) is 5.15 Å². The van der Waals surface area contributed by atoms with Gasteiger partial charge in [0.15, 0.2) is 12.6 Å². The average Bonchev–Trinajstić information content (AvgIpc) is 3.82. The molecule has 2 aliphatic carbocycles. The van der Waals surface area contributed by atoms with Gasteiger partial charge in [0.05, 0.1) is 12.3 Å². The number of aromatic nitrogens is 3. The molecule has 3 aromatic rings. The molecule has 2 saturated heterocycles. The van der Waals surface area contributed by atoms with Gasteiger partial charge in [-0.15, -0.1) is 0 Å². The summed E-state index contributed by atoms with van der Waals surface area (Å²) < 4.78 is 0. The second kappa shape index (κ2) is 11.3. The first kappa shape index (κ1) is 28.2. The number of rotatable bonds is 5. The highest BCUT2D eigenvalue weighted by atomic mass is 35.5. The Morgan fingerprint density at radius 2 is 1.18 bits per heavy atom. The molecule has 5 heterocycles. The largest absolute Gasteiger partial charge is 0.392 e. The van der Waals surface area contributed by atoms with Crippen molar-refractivity contribution in [2.75, 3.05) is 36.0 Å². The van der Waals surface area contributed by atoms with Crippen molar-refractivity contribution >= 4 is 35.8 Å². The van der Waals surface area contributed by atoms with E-state index in [-0.39, 0.29) is 6.61 Å². The Bertz CT molecular complexity index is 1400. The number of aliphatic hydroxyl groups excluding tert-OH is 1. The second-order valence-corrected chi connectivity index (χ2v) is 12.1. The van der Waals surface area contributed by atoms with Gasteiger partial charge in [0.1, 0.15) is 16.8 Å². The number of carbonyl (C=O) groups excluding carboxylic acids is 2. The molecule has 2 aliphatic heterocycles. The first-order chi connectivity index (χ1) is 19.2. The van der Waals surface area contributed by atoms with Gasteiger partial charge in [0, 0.05) is 59.5 Å². The van der Waals surface area contributed by atoms with Crippen molar-refractivity contribution in [1.29, 1.82) is 0 Å². The third kappa shape index (κ3) is 6.18. The van der Waals surface area contributed by atoms with E-state index < -0.39 is 0 Å². The lowest BCUT2D eigenvalue weighted by Gasteiger charge is -2.41. The Kier molecular flexibility index (Phi) is 7.93. The van der Waals surface area contributed by atoms with E-state index in [9.17, 15) is 9.59 Å². The number of halogens is 1. The Hall–Kier alpha value is -3.36. The third-order valence-corrected chi connectivity index (χ3v) is 8.69. The lowest BCUT2D eigenvalue weighted by atomic mass is 9.97. The number of hydrogen-bond acceptors (Lipinski definition) is 8. The molecule has 3 aromatic heterocycles. The van der Waals surface area contributed by atoms with E-state index in [0.29, 0.717) is 32.8 Å².